The lowest BCUT2D eigenvalue weighted by Crippen LogP contribution is -2.01. The van der Waals surface area contributed by atoms with Crippen LogP contribution in [0, 0.1) is 6.07 Å². The van der Waals surface area contributed by atoms with Crippen LogP contribution in [0.15, 0.2) is 48.7 Å². The molecule has 6 heteroatoms. The molecule has 0 spiro atoms. The van der Waals surface area contributed by atoms with E-state index in [1.807, 2.05) is 30.3 Å². The Morgan fingerprint density at radius 3 is 3.04 bits per heavy atom. The van der Waals surface area contributed by atoms with Crippen LogP contribution >= 0.6 is 0 Å². The predicted molar refractivity (Wildman–Crippen MR) is 86.0 cm³/mol. The highest BCUT2D eigenvalue weighted by molar-refractivity contribution is 5.79. The number of hydrogen-bond donors (Lipinski definition) is 1. The number of ether oxygens (including phenoxy) is 1. The fourth-order valence-electron chi connectivity index (χ4n) is 2.70. The van der Waals surface area contributed by atoms with Crippen LogP contribution in [0.2, 0.25) is 0 Å². The van der Waals surface area contributed by atoms with Gasteiger partial charge < -0.3 is 9.30 Å². The zero-order valence-corrected chi connectivity index (χ0v) is 12.5. The lowest BCUT2D eigenvalue weighted by atomic mass is 10.1. The van der Waals surface area contributed by atoms with E-state index in [1.54, 1.807) is 7.11 Å². The lowest BCUT2D eigenvalue weighted by Gasteiger charge is -2.11. The third-order valence-corrected chi connectivity index (χ3v) is 3.86. The summed E-state index contributed by atoms with van der Waals surface area (Å²) >= 11 is 0. The Morgan fingerprint density at radius 1 is 1.26 bits per heavy atom. The molecule has 2 aromatic heterocycles. The zero-order valence-electron chi connectivity index (χ0n) is 12.5. The second-order valence-corrected chi connectivity index (χ2v) is 5.21. The number of tetrazole rings is 1. The first-order valence-corrected chi connectivity index (χ1v) is 7.21. The monoisotopic (exact) mass is 304 g/mol. The quantitative estimate of drug-likeness (QED) is 0.629. The van der Waals surface area contributed by atoms with Gasteiger partial charge in [0.15, 0.2) is 5.82 Å². The first kappa shape index (κ1) is 13.5. The molecule has 0 fully saturated rings. The number of nitrogens with one attached hydrogen (secondary N) is 1. The molecule has 0 atom stereocenters. The standard InChI is InChI=1S/C17H14N5O/c1-23-16-10-13(17-18-20-21-19-17)6-7-14(16)11-22-9-8-12-4-2-3-5-15(12)22/h2,4-10H,11H2,1H3,(H,18,19,20,21). The topological polar surface area (TPSA) is 68.6 Å². The smallest absolute Gasteiger partial charge is 0.179 e. The molecule has 0 amide bonds. The van der Waals surface area contributed by atoms with Gasteiger partial charge in [0.1, 0.15) is 5.75 Å². The molecular formula is C17H14N5O. The van der Waals surface area contributed by atoms with Gasteiger partial charge in [0.25, 0.3) is 0 Å². The largest absolute Gasteiger partial charge is 0.496 e. The van der Waals surface area contributed by atoms with E-state index in [0.29, 0.717) is 5.82 Å². The zero-order chi connectivity index (χ0) is 15.6. The molecular weight excluding hydrogens is 290 g/mol. The fourth-order valence-corrected chi connectivity index (χ4v) is 2.70. The molecule has 0 saturated carbocycles. The van der Waals surface area contributed by atoms with Gasteiger partial charge in [-0.25, -0.2) is 5.10 Å². The van der Waals surface area contributed by atoms with Crippen LogP contribution in [0.5, 0.6) is 5.75 Å². The number of fused-ring (bicyclic) bond motifs is 1. The number of benzene rings is 2. The fraction of sp³-hybridized carbons (Fsp3) is 0.118. The number of hydrogen-bond acceptors (Lipinski definition) is 4. The Labute approximate surface area is 132 Å². The normalized spacial score (nSPS) is 11.0. The maximum Gasteiger partial charge on any atom is 0.179 e. The van der Waals surface area contributed by atoms with E-state index in [1.165, 1.54) is 5.39 Å². The van der Waals surface area contributed by atoms with Crippen molar-refractivity contribution in [2.75, 3.05) is 7.11 Å². The Bertz CT molecular complexity index is 943. The van der Waals surface area contributed by atoms with E-state index in [4.69, 9.17) is 4.74 Å². The number of methoxy groups -OCH3 is 1. The molecule has 6 nitrogen and oxygen atoms in total. The van der Waals surface area contributed by atoms with Gasteiger partial charge in [0.2, 0.25) is 0 Å². The molecule has 0 unspecified atom stereocenters. The average molecular weight is 304 g/mol. The summed E-state index contributed by atoms with van der Waals surface area (Å²) in [4.78, 5) is 0. The van der Waals surface area contributed by atoms with Crippen LogP contribution in [-0.4, -0.2) is 32.3 Å². The van der Waals surface area contributed by atoms with Crippen molar-refractivity contribution in [2.45, 2.75) is 6.54 Å². The summed E-state index contributed by atoms with van der Waals surface area (Å²) in [6.07, 6.45) is 2.08. The van der Waals surface area contributed by atoms with Crippen molar-refractivity contribution in [1.82, 2.24) is 25.2 Å². The van der Waals surface area contributed by atoms with Gasteiger partial charge in [-0.05, 0) is 40.1 Å². The molecule has 0 aliphatic carbocycles. The average Bonchev–Trinajstić information content (AvgIpc) is 3.26. The van der Waals surface area contributed by atoms with E-state index < -0.39 is 0 Å². The summed E-state index contributed by atoms with van der Waals surface area (Å²) in [6, 6.07) is 17.2. The van der Waals surface area contributed by atoms with Crippen molar-refractivity contribution in [3.05, 3.63) is 60.3 Å². The number of aromatic amines is 1. The molecule has 0 aliphatic rings. The van der Waals surface area contributed by atoms with E-state index in [2.05, 4.69) is 49.6 Å². The van der Waals surface area contributed by atoms with Crippen molar-refractivity contribution < 1.29 is 4.74 Å². The van der Waals surface area contributed by atoms with Crippen molar-refractivity contribution >= 4 is 10.9 Å². The van der Waals surface area contributed by atoms with Crippen LogP contribution in [0.25, 0.3) is 22.3 Å². The van der Waals surface area contributed by atoms with Crippen LogP contribution in [-0.2, 0) is 6.54 Å². The molecule has 1 N–H and O–H groups in total. The van der Waals surface area contributed by atoms with Gasteiger partial charge in [0.05, 0.1) is 13.7 Å². The molecule has 4 aromatic rings. The highest BCUT2D eigenvalue weighted by Crippen LogP contribution is 2.27. The maximum absolute atomic E-state index is 5.54. The Balaban J connectivity index is 1.71. The minimum absolute atomic E-state index is 0.621. The number of rotatable bonds is 4. The second kappa shape index (κ2) is 5.57. The summed E-state index contributed by atoms with van der Waals surface area (Å²) in [5.41, 5.74) is 3.13. The van der Waals surface area contributed by atoms with E-state index in [-0.39, 0.29) is 0 Å². The van der Waals surface area contributed by atoms with Crippen LogP contribution in [0.4, 0.5) is 0 Å². The second-order valence-electron chi connectivity index (χ2n) is 5.21. The van der Waals surface area contributed by atoms with Gasteiger partial charge >= 0.3 is 0 Å². The van der Waals surface area contributed by atoms with Crippen molar-refractivity contribution in [2.24, 2.45) is 0 Å². The third kappa shape index (κ3) is 2.44. The number of H-pyrrole nitrogens is 1. The molecule has 0 bridgehead atoms. The van der Waals surface area contributed by atoms with E-state index >= 15 is 0 Å². The number of nitrogens with zero attached hydrogens (tertiary/aromatic N) is 4. The summed E-state index contributed by atoms with van der Waals surface area (Å²) in [5, 5.41) is 15.1. The maximum atomic E-state index is 5.54. The molecule has 2 aromatic carbocycles. The molecule has 0 aliphatic heterocycles. The summed E-state index contributed by atoms with van der Waals surface area (Å²) in [6.45, 7) is 0.722. The van der Waals surface area contributed by atoms with Gasteiger partial charge in [-0.2, -0.15) is 0 Å². The van der Waals surface area contributed by atoms with Gasteiger partial charge in [-0.3, -0.25) is 0 Å². The molecule has 0 saturated heterocycles. The number of aromatic nitrogens is 5. The Kier molecular flexibility index (Phi) is 3.27. The Hall–Kier alpha value is -3.15. The van der Waals surface area contributed by atoms with Crippen molar-refractivity contribution in [3.63, 3.8) is 0 Å². The lowest BCUT2D eigenvalue weighted by molar-refractivity contribution is 0.409. The molecule has 23 heavy (non-hydrogen) atoms. The highest BCUT2D eigenvalue weighted by Gasteiger charge is 2.10. The molecule has 2 heterocycles. The molecule has 113 valence electrons. The van der Waals surface area contributed by atoms with E-state index in [0.717, 1.165) is 28.9 Å². The van der Waals surface area contributed by atoms with Crippen molar-refractivity contribution in [3.8, 4) is 17.1 Å². The van der Waals surface area contributed by atoms with Crippen LogP contribution < -0.4 is 4.74 Å². The minimum Gasteiger partial charge on any atom is -0.496 e. The SMILES string of the molecule is COc1cc(-c2nnn[nH]2)ccc1Cn1ccc2cc[c]cc21. The third-order valence-electron chi connectivity index (χ3n) is 3.86. The van der Waals surface area contributed by atoms with Gasteiger partial charge in [-0.1, -0.05) is 24.3 Å². The first-order chi connectivity index (χ1) is 11.3. The van der Waals surface area contributed by atoms with Gasteiger partial charge in [-0.15, -0.1) is 5.10 Å². The minimum atomic E-state index is 0.621. The van der Waals surface area contributed by atoms with E-state index in [9.17, 15) is 0 Å². The Morgan fingerprint density at radius 2 is 2.22 bits per heavy atom. The molecule has 4 rings (SSSR count). The first-order valence-electron chi connectivity index (χ1n) is 7.21. The summed E-state index contributed by atoms with van der Waals surface area (Å²) in [5.74, 6) is 1.43. The predicted octanol–water partition coefficient (Wildman–Crippen LogP) is 2.68. The molecule has 1 radical (unpaired) electrons. The van der Waals surface area contributed by atoms with Crippen LogP contribution in [0.3, 0.4) is 0 Å². The van der Waals surface area contributed by atoms with Crippen LogP contribution in [0.1, 0.15) is 5.56 Å². The highest BCUT2D eigenvalue weighted by atomic mass is 16.5. The summed E-state index contributed by atoms with van der Waals surface area (Å²) < 4.78 is 7.72. The summed E-state index contributed by atoms with van der Waals surface area (Å²) in [7, 11) is 1.67. The van der Waals surface area contributed by atoms with Gasteiger partial charge in [0, 0.05) is 22.8 Å². The van der Waals surface area contributed by atoms with Crippen molar-refractivity contribution in [1.29, 1.82) is 0 Å².